The number of carbonyl (C=O) groups excluding carboxylic acids is 1. The third-order valence-corrected chi connectivity index (χ3v) is 4.58. The molecule has 0 bridgehead atoms. The minimum absolute atomic E-state index is 0.499. The molecular formula is C22H16O4. The van der Waals surface area contributed by atoms with Crippen LogP contribution in [0.15, 0.2) is 96.4 Å². The molecule has 1 aliphatic heterocycles. The third kappa shape index (κ3) is 2.35. The second-order valence-corrected chi connectivity index (χ2v) is 6.08. The number of rotatable bonds is 3. The van der Waals surface area contributed by atoms with E-state index >= 15 is 0 Å². The van der Waals surface area contributed by atoms with Crippen molar-refractivity contribution in [1.29, 1.82) is 0 Å². The van der Waals surface area contributed by atoms with Gasteiger partial charge < -0.3 is 14.9 Å². The van der Waals surface area contributed by atoms with E-state index in [1.807, 2.05) is 48.5 Å². The van der Waals surface area contributed by atoms with Crippen molar-refractivity contribution in [2.45, 2.75) is 5.60 Å². The first-order chi connectivity index (χ1) is 12.6. The van der Waals surface area contributed by atoms with Crippen molar-refractivity contribution in [3.05, 3.63) is 108 Å². The lowest BCUT2D eigenvalue weighted by molar-refractivity contribution is -0.147. The van der Waals surface area contributed by atoms with Gasteiger partial charge in [0, 0.05) is 11.1 Å². The van der Waals surface area contributed by atoms with E-state index in [4.69, 9.17) is 4.74 Å². The summed E-state index contributed by atoms with van der Waals surface area (Å²) in [5.41, 5.74) is 1.62. The van der Waals surface area contributed by atoms with Gasteiger partial charge in [0.2, 0.25) is 11.4 Å². The van der Waals surface area contributed by atoms with E-state index in [1.165, 1.54) is 0 Å². The molecule has 0 radical (unpaired) electrons. The van der Waals surface area contributed by atoms with Crippen LogP contribution in [0.4, 0.5) is 0 Å². The molecule has 128 valence electrons. The van der Waals surface area contributed by atoms with E-state index in [0.29, 0.717) is 11.1 Å². The third-order valence-electron chi connectivity index (χ3n) is 4.58. The molecule has 4 nitrogen and oxygen atoms in total. The Hall–Kier alpha value is -3.53. The smallest absolute Gasteiger partial charge is 0.378 e. The minimum Gasteiger partial charge on any atom is -0.504 e. The molecule has 4 heteroatoms. The molecule has 4 rings (SSSR count). The monoisotopic (exact) mass is 344 g/mol. The van der Waals surface area contributed by atoms with Crippen LogP contribution in [0.2, 0.25) is 0 Å². The van der Waals surface area contributed by atoms with Crippen molar-refractivity contribution >= 4 is 5.97 Å². The van der Waals surface area contributed by atoms with Crippen LogP contribution in [0.25, 0.3) is 11.1 Å². The average molecular weight is 344 g/mol. The second kappa shape index (κ2) is 6.08. The van der Waals surface area contributed by atoms with Gasteiger partial charge in [-0.05, 0) is 11.1 Å². The van der Waals surface area contributed by atoms with Gasteiger partial charge in [0.25, 0.3) is 0 Å². The fourth-order valence-corrected chi connectivity index (χ4v) is 3.26. The summed E-state index contributed by atoms with van der Waals surface area (Å²) in [6.45, 7) is 0. The van der Waals surface area contributed by atoms with Gasteiger partial charge in [-0.1, -0.05) is 84.9 Å². The number of benzene rings is 3. The second-order valence-electron chi connectivity index (χ2n) is 6.08. The maximum absolute atomic E-state index is 11.9. The summed E-state index contributed by atoms with van der Waals surface area (Å²) >= 11 is 0. The lowest BCUT2D eigenvalue weighted by Crippen LogP contribution is -2.30. The SMILES string of the molecule is O=C1OC(c2ccccc2)(c2ccc(-c3ccccc3)cc2)C(O)=C1O. The summed E-state index contributed by atoms with van der Waals surface area (Å²) < 4.78 is 5.48. The minimum atomic E-state index is -1.54. The molecular weight excluding hydrogens is 328 g/mol. The highest BCUT2D eigenvalue weighted by molar-refractivity contribution is 5.91. The number of cyclic esters (lactones) is 1. The molecule has 1 atom stereocenters. The van der Waals surface area contributed by atoms with E-state index < -0.39 is 23.1 Å². The zero-order chi connectivity index (χ0) is 18.1. The maximum Gasteiger partial charge on any atom is 0.378 e. The van der Waals surface area contributed by atoms with E-state index in [0.717, 1.165) is 11.1 Å². The van der Waals surface area contributed by atoms with Crippen molar-refractivity contribution in [1.82, 2.24) is 0 Å². The Bertz CT molecular complexity index is 976. The number of hydrogen-bond acceptors (Lipinski definition) is 4. The molecule has 3 aromatic rings. The average Bonchev–Trinajstić information content (AvgIpc) is 2.94. The molecule has 0 aromatic heterocycles. The molecule has 1 aliphatic rings. The number of ether oxygens (including phenoxy) is 1. The van der Waals surface area contributed by atoms with Gasteiger partial charge in [0.15, 0.2) is 5.76 Å². The molecule has 26 heavy (non-hydrogen) atoms. The Balaban J connectivity index is 1.85. The maximum atomic E-state index is 11.9. The highest BCUT2D eigenvalue weighted by Crippen LogP contribution is 2.45. The summed E-state index contributed by atoms with van der Waals surface area (Å²) in [5.74, 6) is -2.21. The van der Waals surface area contributed by atoms with Crippen LogP contribution in [0.5, 0.6) is 0 Å². The number of esters is 1. The standard InChI is InChI=1S/C22H16O4/c23-19-20(24)22(26-21(19)25,17-9-5-2-6-10-17)18-13-11-16(12-14-18)15-7-3-1-4-8-15/h1-14,23-24H. The molecule has 0 fully saturated rings. The summed E-state index contributed by atoms with van der Waals surface area (Å²) in [6, 6.07) is 26.1. The van der Waals surface area contributed by atoms with Crippen LogP contribution in [-0.2, 0) is 15.1 Å². The van der Waals surface area contributed by atoms with E-state index in [1.54, 1.807) is 36.4 Å². The van der Waals surface area contributed by atoms with E-state index in [2.05, 4.69) is 0 Å². The Morgan fingerprint density at radius 1 is 0.654 bits per heavy atom. The molecule has 0 aliphatic carbocycles. The first kappa shape index (κ1) is 16.0. The molecule has 1 heterocycles. The first-order valence-electron chi connectivity index (χ1n) is 8.20. The van der Waals surface area contributed by atoms with Crippen molar-refractivity contribution in [3.8, 4) is 11.1 Å². The zero-order valence-corrected chi connectivity index (χ0v) is 13.8. The molecule has 0 saturated carbocycles. The molecule has 0 amide bonds. The molecule has 1 unspecified atom stereocenters. The number of carbonyl (C=O) groups is 1. The van der Waals surface area contributed by atoms with Crippen LogP contribution in [-0.4, -0.2) is 16.2 Å². The Labute approximate surface area is 150 Å². The number of hydrogen-bond donors (Lipinski definition) is 2. The van der Waals surface area contributed by atoms with Gasteiger partial charge in [-0.2, -0.15) is 0 Å². The topological polar surface area (TPSA) is 66.8 Å². The zero-order valence-electron chi connectivity index (χ0n) is 13.8. The number of aliphatic hydroxyl groups excluding tert-OH is 2. The van der Waals surface area contributed by atoms with Crippen molar-refractivity contribution in [2.75, 3.05) is 0 Å². The fourth-order valence-electron chi connectivity index (χ4n) is 3.26. The first-order valence-corrected chi connectivity index (χ1v) is 8.20. The van der Waals surface area contributed by atoms with Crippen LogP contribution in [0, 0.1) is 0 Å². The van der Waals surface area contributed by atoms with Crippen molar-refractivity contribution in [3.63, 3.8) is 0 Å². The lowest BCUT2D eigenvalue weighted by Gasteiger charge is -2.29. The van der Waals surface area contributed by atoms with Gasteiger partial charge in [-0.25, -0.2) is 4.79 Å². The molecule has 0 spiro atoms. The Kier molecular flexibility index (Phi) is 3.73. The highest BCUT2D eigenvalue weighted by Gasteiger charge is 2.51. The lowest BCUT2D eigenvalue weighted by atomic mass is 9.84. The van der Waals surface area contributed by atoms with Gasteiger partial charge in [-0.15, -0.1) is 0 Å². The normalized spacial score (nSPS) is 19.5. The predicted octanol–water partition coefficient (Wildman–Crippen LogP) is 4.48. The van der Waals surface area contributed by atoms with Gasteiger partial charge in [-0.3, -0.25) is 0 Å². The molecule has 0 saturated heterocycles. The van der Waals surface area contributed by atoms with Gasteiger partial charge >= 0.3 is 5.97 Å². The summed E-state index contributed by atoms with van der Waals surface area (Å²) in [7, 11) is 0. The molecule has 2 N–H and O–H groups in total. The fraction of sp³-hybridized carbons (Fsp3) is 0.0455. The van der Waals surface area contributed by atoms with Crippen LogP contribution in [0.3, 0.4) is 0 Å². The summed E-state index contributed by atoms with van der Waals surface area (Å²) in [5, 5.41) is 20.5. The highest BCUT2D eigenvalue weighted by atomic mass is 16.6. The largest absolute Gasteiger partial charge is 0.504 e. The quantitative estimate of drug-likeness (QED) is 0.688. The van der Waals surface area contributed by atoms with Crippen molar-refractivity contribution < 1.29 is 19.7 Å². The Morgan fingerprint density at radius 3 is 1.69 bits per heavy atom. The van der Waals surface area contributed by atoms with Crippen molar-refractivity contribution in [2.24, 2.45) is 0 Å². The Morgan fingerprint density at radius 2 is 1.15 bits per heavy atom. The van der Waals surface area contributed by atoms with E-state index in [9.17, 15) is 15.0 Å². The van der Waals surface area contributed by atoms with Gasteiger partial charge in [0.05, 0.1) is 0 Å². The predicted molar refractivity (Wildman–Crippen MR) is 97.5 cm³/mol. The summed E-state index contributed by atoms with van der Waals surface area (Å²) in [4.78, 5) is 11.9. The van der Waals surface area contributed by atoms with Gasteiger partial charge in [0.1, 0.15) is 0 Å². The van der Waals surface area contributed by atoms with E-state index in [-0.39, 0.29) is 0 Å². The summed E-state index contributed by atoms with van der Waals surface area (Å²) in [6.07, 6.45) is 0. The van der Waals surface area contributed by atoms with Crippen LogP contribution >= 0.6 is 0 Å². The molecule has 3 aromatic carbocycles. The van der Waals surface area contributed by atoms with Crippen LogP contribution in [0.1, 0.15) is 11.1 Å². The number of aliphatic hydroxyl groups is 2. The van der Waals surface area contributed by atoms with Crippen LogP contribution < -0.4 is 0 Å².